The lowest BCUT2D eigenvalue weighted by Gasteiger charge is -2.14. The summed E-state index contributed by atoms with van der Waals surface area (Å²) in [5, 5.41) is 21.9. The van der Waals surface area contributed by atoms with Gasteiger partial charge in [-0.3, -0.25) is 10.1 Å². The Morgan fingerprint density at radius 1 is 1.50 bits per heavy atom. The van der Waals surface area contributed by atoms with E-state index in [-0.39, 0.29) is 6.54 Å². The number of hydrogen-bond acceptors (Lipinski definition) is 5. The zero-order valence-electron chi connectivity index (χ0n) is 7.86. The van der Waals surface area contributed by atoms with Crippen LogP contribution in [0, 0.1) is 0 Å². The van der Waals surface area contributed by atoms with Crippen molar-refractivity contribution in [1.29, 1.82) is 0 Å². The molecule has 82 valence electrons. The average Bonchev–Trinajstić information content (AvgIpc) is 2.12. The zero-order valence-corrected chi connectivity index (χ0v) is 7.86. The van der Waals surface area contributed by atoms with Crippen molar-refractivity contribution >= 4 is 11.9 Å². The number of primary amides is 1. The van der Waals surface area contributed by atoms with Crippen molar-refractivity contribution in [2.45, 2.75) is 19.1 Å². The summed E-state index contributed by atoms with van der Waals surface area (Å²) < 4.78 is 0. The van der Waals surface area contributed by atoms with Crippen LogP contribution in [-0.4, -0.2) is 47.4 Å². The topological polar surface area (TPSA) is 125 Å². The molecule has 7 heteroatoms. The molecule has 0 bridgehead atoms. The van der Waals surface area contributed by atoms with Gasteiger partial charge in [0.2, 0.25) is 5.91 Å². The fraction of sp³-hybridized carbons (Fsp3) is 0.714. The Morgan fingerprint density at radius 3 is 2.50 bits per heavy atom. The molecule has 0 heterocycles. The van der Waals surface area contributed by atoms with Crippen LogP contribution in [0.4, 0.5) is 4.79 Å². The van der Waals surface area contributed by atoms with Crippen molar-refractivity contribution in [3.8, 4) is 0 Å². The van der Waals surface area contributed by atoms with Crippen LogP contribution >= 0.6 is 0 Å². The Hall–Kier alpha value is -1.18. The molecule has 0 aromatic rings. The number of hydrogen-bond donors (Lipinski definition) is 5. The Morgan fingerprint density at radius 2 is 2.07 bits per heavy atom. The van der Waals surface area contributed by atoms with Gasteiger partial charge in [-0.15, -0.1) is 0 Å². The summed E-state index contributed by atoms with van der Waals surface area (Å²) in [6.07, 6.45) is -0.932. The highest BCUT2D eigenvalue weighted by Gasteiger charge is 2.14. The van der Waals surface area contributed by atoms with E-state index in [0.29, 0.717) is 0 Å². The molecular formula is C7H15N3O4. The maximum atomic E-state index is 11.0. The predicted octanol–water partition coefficient (Wildman–Crippen LogP) is -2.49. The first-order chi connectivity index (χ1) is 6.47. The molecule has 0 radical (unpaired) electrons. The number of carbonyl (C=O) groups excluding carboxylic acids is 2. The number of carbonyl (C=O) groups is 2. The molecule has 3 amide bonds. The Balaban J connectivity index is 3.78. The van der Waals surface area contributed by atoms with Gasteiger partial charge in [-0.05, 0) is 6.92 Å². The Kier molecular flexibility index (Phi) is 5.77. The maximum absolute atomic E-state index is 11.0. The van der Waals surface area contributed by atoms with Crippen molar-refractivity contribution in [1.82, 2.24) is 10.6 Å². The first kappa shape index (κ1) is 12.8. The number of aliphatic hydroxyl groups excluding tert-OH is 2. The third-order valence-electron chi connectivity index (χ3n) is 1.51. The van der Waals surface area contributed by atoms with E-state index in [1.807, 2.05) is 5.32 Å². The van der Waals surface area contributed by atoms with Gasteiger partial charge in [-0.2, -0.15) is 0 Å². The third-order valence-corrected chi connectivity index (χ3v) is 1.51. The highest BCUT2D eigenvalue weighted by molar-refractivity contribution is 5.96. The SMILES string of the molecule is CC(NCC(O)CO)C(=O)NC(N)=O. The second kappa shape index (κ2) is 6.30. The third kappa shape index (κ3) is 5.46. The summed E-state index contributed by atoms with van der Waals surface area (Å²) in [7, 11) is 0. The smallest absolute Gasteiger partial charge is 0.318 e. The molecule has 0 rings (SSSR count). The van der Waals surface area contributed by atoms with Crippen molar-refractivity contribution < 1.29 is 19.8 Å². The van der Waals surface area contributed by atoms with Crippen LogP contribution in [0.5, 0.6) is 0 Å². The Bertz CT molecular complexity index is 209. The van der Waals surface area contributed by atoms with Gasteiger partial charge >= 0.3 is 6.03 Å². The van der Waals surface area contributed by atoms with Gasteiger partial charge in [0.25, 0.3) is 0 Å². The van der Waals surface area contributed by atoms with Crippen molar-refractivity contribution in [2.75, 3.05) is 13.2 Å². The monoisotopic (exact) mass is 205 g/mol. The van der Waals surface area contributed by atoms with Crippen LogP contribution < -0.4 is 16.4 Å². The van der Waals surface area contributed by atoms with Crippen molar-refractivity contribution in [3.63, 3.8) is 0 Å². The van der Waals surface area contributed by atoms with Crippen LogP contribution in [-0.2, 0) is 4.79 Å². The standard InChI is InChI=1S/C7H15N3O4/c1-4(6(13)10-7(8)14)9-2-5(12)3-11/h4-5,9,11-12H,2-3H2,1H3,(H3,8,10,13,14). The molecular weight excluding hydrogens is 190 g/mol. The number of urea groups is 1. The van der Waals surface area contributed by atoms with Gasteiger partial charge in [0.05, 0.1) is 18.8 Å². The highest BCUT2D eigenvalue weighted by atomic mass is 16.3. The predicted molar refractivity (Wildman–Crippen MR) is 48.3 cm³/mol. The van der Waals surface area contributed by atoms with Gasteiger partial charge in [-0.1, -0.05) is 0 Å². The van der Waals surface area contributed by atoms with E-state index in [0.717, 1.165) is 0 Å². The number of nitrogens with two attached hydrogens (primary N) is 1. The van der Waals surface area contributed by atoms with E-state index in [2.05, 4.69) is 5.32 Å². The number of aliphatic hydroxyl groups is 2. The van der Waals surface area contributed by atoms with Gasteiger partial charge in [-0.25, -0.2) is 4.79 Å². The zero-order chi connectivity index (χ0) is 11.1. The van der Waals surface area contributed by atoms with Crippen LogP contribution in [0.2, 0.25) is 0 Å². The molecule has 0 saturated carbocycles. The van der Waals surface area contributed by atoms with E-state index >= 15 is 0 Å². The number of nitrogens with one attached hydrogen (secondary N) is 2. The lowest BCUT2D eigenvalue weighted by Crippen LogP contribution is -2.48. The molecule has 2 atom stereocenters. The largest absolute Gasteiger partial charge is 0.394 e. The fourth-order valence-electron chi connectivity index (χ4n) is 0.700. The van der Waals surface area contributed by atoms with Gasteiger partial charge < -0.3 is 21.3 Å². The summed E-state index contributed by atoms with van der Waals surface area (Å²) in [4.78, 5) is 21.3. The summed E-state index contributed by atoms with van der Waals surface area (Å²) in [6, 6.07) is -1.59. The second-order valence-electron chi connectivity index (χ2n) is 2.82. The van der Waals surface area contributed by atoms with Crippen molar-refractivity contribution in [2.24, 2.45) is 5.73 Å². The molecule has 0 aliphatic carbocycles. The number of amides is 3. The summed E-state index contributed by atoms with van der Waals surface area (Å²) >= 11 is 0. The van der Waals surface area contributed by atoms with Crippen LogP contribution in [0.1, 0.15) is 6.92 Å². The molecule has 0 aromatic heterocycles. The molecule has 0 fully saturated rings. The molecule has 7 nitrogen and oxygen atoms in total. The molecule has 6 N–H and O–H groups in total. The van der Waals surface area contributed by atoms with E-state index < -0.39 is 30.7 Å². The molecule has 0 aliphatic rings. The molecule has 0 aliphatic heterocycles. The maximum Gasteiger partial charge on any atom is 0.318 e. The van der Waals surface area contributed by atoms with Crippen LogP contribution in [0.15, 0.2) is 0 Å². The second-order valence-corrected chi connectivity index (χ2v) is 2.82. The first-order valence-corrected chi connectivity index (χ1v) is 4.10. The molecule has 0 aromatic carbocycles. The minimum atomic E-state index is -0.932. The first-order valence-electron chi connectivity index (χ1n) is 4.10. The van der Waals surface area contributed by atoms with Crippen LogP contribution in [0.25, 0.3) is 0 Å². The van der Waals surface area contributed by atoms with Gasteiger partial charge in [0, 0.05) is 6.54 Å². The molecule has 0 spiro atoms. The lowest BCUT2D eigenvalue weighted by atomic mass is 10.3. The quantitative estimate of drug-likeness (QED) is 0.339. The highest BCUT2D eigenvalue weighted by Crippen LogP contribution is 1.84. The molecule has 2 unspecified atom stereocenters. The minimum Gasteiger partial charge on any atom is -0.394 e. The number of imide groups is 1. The van der Waals surface area contributed by atoms with Crippen LogP contribution in [0.3, 0.4) is 0 Å². The van der Waals surface area contributed by atoms with E-state index in [1.54, 1.807) is 0 Å². The Labute approximate surface area is 81.3 Å². The minimum absolute atomic E-state index is 0.0594. The van der Waals surface area contributed by atoms with E-state index in [1.165, 1.54) is 6.92 Å². The number of rotatable bonds is 5. The van der Waals surface area contributed by atoms with Crippen molar-refractivity contribution in [3.05, 3.63) is 0 Å². The molecule has 14 heavy (non-hydrogen) atoms. The van der Waals surface area contributed by atoms with E-state index in [9.17, 15) is 9.59 Å². The van der Waals surface area contributed by atoms with E-state index in [4.69, 9.17) is 15.9 Å². The average molecular weight is 205 g/mol. The van der Waals surface area contributed by atoms with Gasteiger partial charge in [0.1, 0.15) is 0 Å². The summed E-state index contributed by atoms with van der Waals surface area (Å²) in [5.74, 6) is -0.581. The fourth-order valence-corrected chi connectivity index (χ4v) is 0.700. The summed E-state index contributed by atoms with van der Waals surface area (Å²) in [6.45, 7) is 1.17. The van der Waals surface area contributed by atoms with Gasteiger partial charge in [0.15, 0.2) is 0 Å². The normalized spacial score (nSPS) is 14.5. The molecule has 0 saturated heterocycles. The lowest BCUT2D eigenvalue weighted by molar-refractivity contribution is -0.121. The summed E-state index contributed by atoms with van der Waals surface area (Å²) in [5.41, 5.74) is 4.73.